The molecule has 0 aliphatic carbocycles. The Kier molecular flexibility index (Phi) is 7.15. The van der Waals surface area contributed by atoms with Gasteiger partial charge in [-0.25, -0.2) is 4.98 Å². The van der Waals surface area contributed by atoms with Gasteiger partial charge in [-0.1, -0.05) is 26.0 Å². The molecule has 1 aromatic heterocycles. The van der Waals surface area contributed by atoms with E-state index in [1.807, 2.05) is 31.2 Å². The van der Waals surface area contributed by atoms with Crippen LogP contribution in [0.3, 0.4) is 0 Å². The summed E-state index contributed by atoms with van der Waals surface area (Å²) in [4.78, 5) is 11.5. The number of aromatic nitrogens is 2. The Labute approximate surface area is 178 Å². The lowest BCUT2D eigenvalue weighted by atomic mass is 10.1. The molecule has 152 valence electrons. The van der Waals surface area contributed by atoms with E-state index < -0.39 is 0 Å². The van der Waals surface area contributed by atoms with Gasteiger partial charge in [-0.15, -0.1) is 0 Å². The van der Waals surface area contributed by atoms with E-state index in [0.717, 1.165) is 47.8 Å². The summed E-state index contributed by atoms with van der Waals surface area (Å²) in [5, 5.41) is 2.44. The van der Waals surface area contributed by atoms with Crippen LogP contribution in [0.25, 0.3) is 11.0 Å². The molecule has 0 radical (unpaired) electrons. The molecule has 1 heterocycles. The van der Waals surface area contributed by atoms with E-state index in [4.69, 9.17) is 21.9 Å². The third-order valence-corrected chi connectivity index (χ3v) is 5.32. The highest BCUT2D eigenvalue weighted by Crippen LogP contribution is 2.28. The van der Waals surface area contributed by atoms with Crippen LogP contribution < -0.4 is 4.74 Å². The highest BCUT2D eigenvalue weighted by Gasteiger charge is 2.20. The Morgan fingerprint density at radius 1 is 1.14 bits per heavy atom. The molecule has 0 aliphatic heterocycles. The first-order valence-corrected chi connectivity index (χ1v) is 10.6. The van der Waals surface area contributed by atoms with Gasteiger partial charge in [0, 0.05) is 6.42 Å². The van der Waals surface area contributed by atoms with Gasteiger partial charge < -0.3 is 9.30 Å². The lowest BCUT2D eigenvalue weighted by molar-refractivity contribution is 0.173. The molecule has 0 spiro atoms. The molecule has 5 nitrogen and oxygen atoms in total. The first-order valence-electron chi connectivity index (χ1n) is 10.2. The second kappa shape index (κ2) is 9.79. The predicted molar refractivity (Wildman–Crippen MR) is 122 cm³/mol. The highest BCUT2D eigenvalue weighted by molar-refractivity contribution is 7.78. The molecule has 0 bridgehead atoms. The van der Waals surface area contributed by atoms with E-state index in [1.165, 1.54) is 5.56 Å². The number of imidazole rings is 1. The zero-order valence-corrected chi connectivity index (χ0v) is 18.4. The number of benzene rings is 2. The van der Waals surface area contributed by atoms with Crippen LogP contribution in [0, 0.1) is 0 Å². The summed E-state index contributed by atoms with van der Waals surface area (Å²) in [6.45, 7) is 11.2. The number of aliphatic imine (C=N–C) groups is 1. The Balaban J connectivity index is 2.05. The quantitative estimate of drug-likeness (QED) is 0.340. The first kappa shape index (κ1) is 21.2. The fourth-order valence-electron chi connectivity index (χ4n) is 3.77. The van der Waals surface area contributed by atoms with Crippen molar-refractivity contribution in [2.45, 2.75) is 40.3 Å². The van der Waals surface area contributed by atoms with Gasteiger partial charge in [0.15, 0.2) is 0 Å². The summed E-state index contributed by atoms with van der Waals surface area (Å²) >= 11 is 4.75. The summed E-state index contributed by atoms with van der Waals surface area (Å²) in [6, 6.07) is 14.3. The van der Waals surface area contributed by atoms with Gasteiger partial charge in [-0.3, -0.25) is 4.90 Å². The molecular weight excluding hydrogens is 380 g/mol. The third kappa shape index (κ3) is 4.73. The molecule has 0 saturated carbocycles. The Morgan fingerprint density at radius 2 is 1.86 bits per heavy atom. The standard InChI is InChI=1S/C23H28N4OS/c1-5-26(6-2)17(4)27-22-13-10-19(24-16-29)15-21(22)25-23(27)14-18-8-11-20(12-9-18)28-7-3/h8-13,15,17H,5-7,14H2,1-4H3. The van der Waals surface area contributed by atoms with E-state index in [1.54, 1.807) is 0 Å². The molecule has 0 aliphatic rings. The molecule has 1 unspecified atom stereocenters. The average Bonchev–Trinajstić information content (AvgIpc) is 3.07. The van der Waals surface area contributed by atoms with E-state index in [0.29, 0.717) is 6.61 Å². The third-order valence-electron chi connectivity index (χ3n) is 5.23. The van der Waals surface area contributed by atoms with Gasteiger partial charge in [-0.05, 0) is 75.1 Å². The van der Waals surface area contributed by atoms with Gasteiger partial charge in [0.25, 0.3) is 0 Å². The van der Waals surface area contributed by atoms with E-state index in [2.05, 4.69) is 58.6 Å². The van der Waals surface area contributed by atoms with Gasteiger partial charge in [0.1, 0.15) is 11.6 Å². The van der Waals surface area contributed by atoms with Gasteiger partial charge in [0.05, 0.1) is 34.7 Å². The molecule has 6 heteroatoms. The minimum atomic E-state index is 0.201. The van der Waals surface area contributed by atoms with Crippen LogP contribution in [0.4, 0.5) is 5.69 Å². The van der Waals surface area contributed by atoms with Crippen molar-refractivity contribution in [2.75, 3.05) is 19.7 Å². The molecule has 3 aromatic rings. The molecule has 1 atom stereocenters. The zero-order chi connectivity index (χ0) is 20.8. The van der Waals surface area contributed by atoms with Crippen LogP contribution >= 0.6 is 12.2 Å². The van der Waals surface area contributed by atoms with Crippen LogP contribution in [-0.4, -0.2) is 39.3 Å². The molecule has 0 amide bonds. The van der Waals surface area contributed by atoms with Crippen LogP contribution in [-0.2, 0) is 6.42 Å². The number of thiocarbonyl (C=S) groups is 1. The minimum Gasteiger partial charge on any atom is -0.494 e. The van der Waals surface area contributed by atoms with Crippen molar-refractivity contribution < 1.29 is 4.74 Å². The molecule has 0 N–H and O–H groups in total. The summed E-state index contributed by atoms with van der Waals surface area (Å²) in [5.74, 6) is 1.93. The molecule has 0 fully saturated rings. The SMILES string of the molecule is CCOc1ccc(Cc2nc3cc(N=C=S)ccc3n2C(C)N(CC)CC)cc1. The predicted octanol–water partition coefficient (Wildman–Crippen LogP) is 5.62. The Hall–Kier alpha value is -2.53. The fourth-order valence-corrected chi connectivity index (χ4v) is 3.87. The first-order chi connectivity index (χ1) is 14.1. The summed E-state index contributed by atoms with van der Waals surface area (Å²) in [6.07, 6.45) is 0.950. The average molecular weight is 409 g/mol. The number of ether oxygens (including phenoxy) is 1. The second-order valence-electron chi connectivity index (χ2n) is 6.88. The molecule has 29 heavy (non-hydrogen) atoms. The van der Waals surface area contributed by atoms with Gasteiger partial charge in [-0.2, -0.15) is 4.99 Å². The largest absolute Gasteiger partial charge is 0.494 e. The number of nitrogens with zero attached hydrogens (tertiary/aromatic N) is 4. The topological polar surface area (TPSA) is 42.7 Å². The Bertz CT molecular complexity index is 1000. The normalized spacial score (nSPS) is 12.2. The van der Waals surface area contributed by atoms with Crippen LogP contribution in [0.1, 0.15) is 45.2 Å². The van der Waals surface area contributed by atoms with Crippen molar-refractivity contribution in [3.05, 3.63) is 53.9 Å². The van der Waals surface area contributed by atoms with Gasteiger partial charge in [0.2, 0.25) is 0 Å². The van der Waals surface area contributed by atoms with Gasteiger partial charge >= 0.3 is 0 Å². The highest BCUT2D eigenvalue weighted by atomic mass is 32.1. The van der Waals surface area contributed by atoms with Crippen molar-refractivity contribution in [3.63, 3.8) is 0 Å². The smallest absolute Gasteiger partial charge is 0.119 e. The van der Waals surface area contributed by atoms with Crippen molar-refractivity contribution in [2.24, 2.45) is 4.99 Å². The van der Waals surface area contributed by atoms with Crippen LogP contribution in [0.5, 0.6) is 5.75 Å². The number of hydrogen-bond donors (Lipinski definition) is 0. The lowest BCUT2D eigenvalue weighted by Crippen LogP contribution is -2.31. The number of rotatable bonds is 9. The van der Waals surface area contributed by atoms with Crippen LogP contribution in [0.15, 0.2) is 47.5 Å². The summed E-state index contributed by atoms with van der Waals surface area (Å²) in [5.41, 5.74) is 4.01. The fraction of sp³-hybridized carbons (Fsp3) is 0.391. The molecule has 2 aromatic carbocycles. The minimum absolute atomic E-state index is 0.201. The maximum atomic E-state index is 5.57. The van der Waals surface area contributed by atoms with Crippen molar-refractivity contribution in [1.29, 1.82) is 0 Å². The van der Waals surface area contributed by atoms with Crippen molar-refractivity contribution in [1.82, 2.24) is 14.5 Å². The monoisotopic (exact) mass is 408 g/mol. The molecule has 0 saturated heterocycles. The van der Waals surface area contributed by atoms with E-state index in [-0.39, 0.29) is 6.17 Å². The molecule has 3 rings (SSSR count). The van der Waals surface area contributed by atoms with E-state index >= 15 is 0 Å². The second-order valence-corrected chi connectivity index (χ2v) is 7.06. The number of isothiocyanates is 1. The lowest BCUT2D eigenvalue weighted by Gasteiger charge is -2.29. The van der Waals surface area contributed by atoms with Crippen molar-refractivity contribution in [3.8, 4) is 5.75 Å². The maximum absolute atomic E-state index is 5.57. The van der Waals surface area contributed by atoms with Crippen molar-refractivity contribution >= 4 is 34.1 Å². The van der Waals surface area contributed by atoms with E-state index in [9.17, 15) is 0 Å². The summed E-state index contributed by atoms with van der Waals surface area (Å²) in [7, 11) is 0. The number of fused-ring (bicyclic) bond motifs is 1. The Morgan fingerprint density at radius 3 is 2.48 bits per heavy atom. The maximum Gasteiger partial charge on any atom is 0.119 e. The summed E-state index contributed by atoms with van der Waals surface area (Å²) < 4.78 is 7.90. The van der Waals surface area contributed by atoms with Crippen LogP contribution in [0.2, 0.25) is 0 Å². The zero-order valence-electron chi connectivity index (χ0n) is 17.6. The molecular formula is C23H28N4OS. The number of hydrogen-bond acceptors (Lipinski definition) is 5.